The van der Waals surface area contributed by atoms with Crippen molar-refractivity contribution in [2.45, 2.75) is 29.4 Å². The fraction of sp³-hybridized carbons (Fsp3) is 0.152. The predicted molar refractivity (Wildman–Crippen MR) is 173 cm³/mol. The van der Waals surface area contributed by atoms with Crippen LogP contribution in [0.1, 0.15) is 16.8 Å². The Labute approximate surface area is 255 Å². The zero-order chi connectivity index (χ0) is 30.6. The maximum absolute atomic E-state index is 14.0. The first-order chi connectivity index (χ1) is 20.7. The zero-order valence-electron chi connectivity index (χ0n) is 24.1. The van der Waals surface area contributed by atoms with Crippen molar-refractivity contribution in [2.75, 3.05) is 16.2 Å². The summed E-state index contributed by atoms with van der Waals surface area (Å²) in [5.74, 6) is 0.200. The number of para-hydroxylation sites is 1. The third-order valence-corrected chi connectivity index (χ3v) is 9.95. The number of thioether (sulfide) groups is 1. The highest BCUT2D eigenvalue weighted by atomic mass is 32.2. The summed E-state index contributed by atoms with van der Waals surface area (Å²) in [5, 5.41) is 2.86. The summed E-state index contributed by atoms with van der Waals surface area (Å²) in [6, 6.07) is 32.6. The monoisotopic (exact) mass is 612 g/mol. The average molecular weight is 613 g/mol. The van der Waals surface area contributed by atoms with Crippen LogP contribution in [0.25, 0.3) is 5.69 Å². The molecule has 0 atom stereocenters. The molecule has 10 heteroatoms. The normalized spacial score (nSPS) is 11.3. The largest absolute Gasteiger partial charge is 0.324 e. The lowest BCUT2D eigenvalue weighted by Gasteiger charge is -2.23. The number of nitrogens with one attached hydrogen (secondary N) is 1. The average Bonchev–Trinajstić information content (AvgIpc) is 3.24. The Morgan fingerprint density at radius 2 is 1.47 bits per heavy atom. The van der Waals surface area contributed by atoms with Gasteiger partial charge in [0.05, 0.1) is 16.3 Å². The summed E-state index contributed by atoms with van der Waals surface area (Å²) >= 11 is 1.72. The van der Waals surface area contributed by atoms with Gasteiger partial charge in [0.25, 0.3) is 15.6 Å². The SMILES string of the molecule is Cc1cc(CSc2ccccc2)ccc1NC(=O)CN(c1c(C)n(C)n(-c2ccccc2)c1=O)S(=O)(=O)c1ccccc1. The second-order valence-electron chi connectivity index (χ2n) is 10.0. The lowest BCUT2D eigenvalue weighted by molar-refractivity contribution is -0.114. The third kappa shape index (κ3) is 6.45. The molecule has 0 aliphatic heterocycles. The lowest BCUT2D eigenvalue weighted by atomic mass is 10.1. The topological polar surface area (TPSA) is 93.4 Å². The van der Waals surface area contributed by atoms with Crippen molar-refractivity contribution < 1.29 is 13.2 Å². The molecule has 1 N–H and O–H groups in total. The predicted octanol–water partition coefficient (Wildman–Crippen LogP) is 5.92. The molecule has 5 rings (SSSR count). The third-order valence-electron chi connectivity index (χ3n) is 7.11. The number of rotatable bonds is 10. The molecule has 0 fully saturated rings. The Bertz CT molecular complexity index is 1900. The van der Waals surface area contributed by atoms with E-state index in [2.05, 4.69) is 17.4 Å². The van der Waals surface area contributed by atoms with Gasteiger partial charge in [-0.3, -0.25) is 14.3 Å². The van der Waals surface area contributed by atoms with E-state index in [1.165, 1.54) is 21.7 Å². The molecule has 43 heavy (non-hydrogen) atoms. The summed E-state index contributed by atoms with van der Waals surface area (Å²) in [7, 11) is -2.60. The molecule has 4 aromatic carbocycles. The fourth-order valence-corrected chi connectivity index (χ4v) is 7.16. The molecule has 220 valence electrons. The van der Waals surface area contributed by atoms with Crippen LogP contribution >= 0.6 is 11.8 Å². The van der Waals surface area contributed by atoms with Gasteiger partial charge in [0.2, 0.25) is 5.91 Å². The van der Waals surface area contributed by atoms with Crippen LogP contribution in [0.4, 0.5) is 11.4 Å². The maximum Gasteiger partial charge on any atom is 0.296 e. The first kappa shape index (κ1) is 29.9. The van der Waals surface area contributed by atoms with Gasteiger partial charge in [0.1, 0.15) is 12.2 Å². The van der Waals surface area contributed by atoms with Crippen LogP contribution in [0.3, 0.4) is 0 Å². The van der Waals surface area contributed by atoms with E-state index >= 15 is 0 Å². The Morgan fingerprint density at radius 1 is 0.860 bits per heavy atom. The number of carbonyl (C=O) groups excluding carboxylic acids is 1. The molecular weight excluding hydrogens is 581 g/mol. The maximum atomic E-state index is 14.0. The Kier molecular flexibility index (Phi) is 8.89. The quantitative estimate of drug-likeness (QED) is 0.198. The summed E-state index contributed by atoms with van der Waals surface area (Å²) in [4.78, 5) is 28.4. The molecule has 8 nitrogen and oxygen atoms in total. The molecule has 0 spiro atoms. The van der Waals surface area contributed by atoms with Gasteiger partial charge in [0.15, 0.2) is 0 Å². The van der Waals surface area contributed by atoms with Crippen LogP contribution in [0, 0.1) is 13.8 Å². The minimum absolute atomic E-state index is 0.0202. The molecule has 0 radical (unpaired) electrons. The van der Waals surface area contributed by atoms with Crippen molar-refractivity contribution in [3.8, 4) is 5.69 Å². The molecule has 0 saturated heterocycles. The van der Waals surface area contributed by atoms with E-state index < -0.39 is 28.0 Å². The summed E-state index contributed by atoms with van der Waals surface area (Å²) in [6.45, 7) is 2.97. The van der Waals surface area contributed by atoms with Crippen LogP contribution in [0.5, 0.6) is 0 Å². The fourth-order valence-electron chi connectivity index (χ4n) is 4.80. The highest BCUT2D eigenvalue weighted by Gasteiger charge is 2.33. The molecule has 1 heterocycles. The molecule has 0 unspecified atom stereocenters. The van der Waals surface area contributed by atoms with Gasteiger partial charge in [0, 0.05) is 23.4 Å². The molecule has 0 aliphatic carbocycles. The van der Waals surface area contributed by atoms with Gasteiger partial charge >= 0.3 is 0 Å². The Morgan fingerprint density at radius 3 is 2.09 bits per heavy atom. The minimum Gasteiger partial charge on any atom is -0.324 e. The number of nitrogens with zero attached hydrogens (tertiary/aromatic N) is 3. The van der Waals surface area contributed by atoms with E-state index in [0.717, 1.165) is 21.2 Å². The van der Waals surface area contributed by atoms with Crippen LogP contribution in [0.2, 0.25) is 0 Å². The first-order valence-electron chi connectivity index (χ1n) is 13.7. The van der Waals surface area contributed by atoms with Gasteiger partial charge in [-0.15, -0.1) is 11.8 Å². The van der Waals surface area contributed by atoms with E-state index in [1.54, 1.807) is 72.9 Å². The minimum atomic E-state index is -4.28. The zero-order valence-corrected chi connectivity index (χ0v) is 25.7. The lowest BCUT2D eigenvalue weighted by Crippen LogP contribution is -2.41. The van der Waals surface area contributed by atoms with E-state index in [1.807, 2.05) is 49.4 Å². The van der Waals surface area contributed by atoms with Gasteiger partial charge in [-0.25, -0.2) is 17.4 Å². The van der Waals surface area contributed by atoms with Crippen LogP contribution in [-0.4, -0.2) is 30.2 Å². The summed E-state index contributed by atoms with van der Waals surface area (Å²) in [6.07, 6.45) is 0. The van der Waals surface area contributed by atoms with Gasteiger partial charge in [-0.1, -0.05) is 66.7 Å². The van der Waals surface area contributed by atoms with Crippen LogP contribution in [-0.2, 0) is 27.6 Å². The molecule has 0 bridgehead atoms. The molecule has 5 aromatic rings. The second-order valence-corrected chi connectivity index (χ2v) is 12.9. The van der Waals surface area contributed by atoms with E-state index in [-0.39, 0.29) is 10.6 Å². The number of sulfonamides is 1. The van der Waals surface area contributed by atoms with Crippen molar-refractivity contribution in [2.24, 2.45) is 7.05 Å². The van der Waals surface area contributed by atoms with E-state index in [4.69, 9.17) is 0 Å². The van der Waals surface area contributed by atoms with Crippen molar-refractivity contribution >= 4 is 39.1 Å². The second kappa shape index (κ2) is 12.8. The van der Waals surface area contributed by atoms with Crippen LogP contribution in [0.15, 0.2) is 124 Å². The van der Waals surface area contributed by atoms with Crippen molar-refractivity contribution in [3.05, 3.63) is 136 Å². The van der Waals surface area contributed by atoms with E-state index in [0.29, 0.717) is 17.1 Å². The molecule has 1 aromatic heterocycles. The standard InChI is InChI=1S/C33H32N4O4S2/c1-24-21-26(23-42-28-15-9-5-10-16-28)19-20-30(24)34-31(38)22-36(43(40,41)29-17-11-6-12-18-29)32-25(2)35(3)37(33(32)39)27-13-7-4-8-14-27/h4-21H,22-23H2,1-3H3,(H,34,38). The summed E-state index contributed by atoms with van der Waals surface area (Å²) in [5.41, 5.74) is 2.86. The first-order valence-corrected chi connectivity index (χ1v) is 16.1. The Balaban J connectivity index is 1.45. The number of benzene rings is 4. The highest BCUT2D eigenvalue weighted by molar-refractivity contribution is 7.98. The van der Waals surface area contributed by atoms with Crippen molar-refractivity contribution in [1.29, 1.82) is 0 Å². The highest BCUT2D eigenvalue weighted by Crippen LogP contribution is 2.27. The molecule has 0 aliphatic rings. The number of hydrogen-bond acceptors (Lipinski definition) is 5. The van der Waals surface area contributed by atoms with Gasteiger partial charge in [-0.05, 0) is 67.4 Å². The summed E-state index contributed by atoms with van der Waals surface area (Å²) < 4.78 is 31.8. The molecular formula is C33H32N4O4S2. The van der Waals surface area contributed by atoms with Crippen molar-refractivity contribution in [3.63, 3.8) is 0 Å². The Hall–Kier alpha value is -4.54. The number of aromatic nitrogens is 2. The van der Waals surface area contributed by atoms with Crippen LogP contribution < -0.4 is 15.2 Å². The number of amides is 1. The number of hydrogen-bond donors (Lipinski definition) is 1. The number of anilines is 2. The molecule has 0 saturated carbocycles. The van der Waals surface area contributed by atoms with Gasteiger partial charge in [-0.2, -0.15) is 0 Å². The molecule has 1 amide bonds. The van der Waals surface area contributed by atoms with E-state index in [9.17, 15) is 18.0 Å². The number of carbonyl (C=O) groups is 1. The smallest absolute Gasteiger partial charge is 0.296 e. The number of aryl methyl sites for hydroxylation is 1. The van der Waals surface area contributed by atoms with Gasteiger partial charge < -0.3 is 5.32 Å². The van der Waals surface area contributed by atoms with Crippen molar-refractivity contribution in [1.82, 2.24) is 9.36 Å².